The molecule has 1 aromatic carbocycles. The van der Waals surface area contributed by atoms with Crippen LogP contribution in [0, 0.1) is 5.82 Å². The van der Waals surface area contributed by atoms with Gasteiger partial charge in [0, 0.05) is 4.47 Å². The van der Waals surface area contributed by atoms with Crippen LogP contribution < -0.4 is 16.6 Å². The maximum atomic E-state index is 13.5. The molecule has 0 bridgehead atoms. The largest absolute Gasteiger partial charge is 0.318 e. The lowest BCUT2D eigenvalue weighted by Gasteiger charge is -2.06. The number of carbonyl (C=O) groups excluding carboxylic acids is 1. The molecule has 98 valence electrons. The molecule has 0 saturated carbocycles. The van der Waals surface area contributed by atoms with E-state index in [0.29, 0.717) is 10.3 Å². The standard InChI is InChI=1S/C11H9BrFN5O/c12-6-1-2-8(7(13)3-6)17-11(19)9-4-16-10(18-14)5-15-9/h1-5H,14H2,(H,16,18)(H,17,19). The highest BCUT2D eigenvalue weighted by molar-refractivity contribution is 9.10. The summed E-state index contributed by atoms with van der Waals surface area (Å²) in [4.78, 5) is 19.5. The Balaban J connectivity index is 2.15. The van der Waals surface area contributed by atoms with Crippen LogP contribution in [0.25, 0.3) is 0 Å². The van der Waals surface area contributed by atoms with E-state index in [-0.39, 0.29) is 11.4 Å². The van der Waals surface area contributed by atoms with Crippen molar-refractivity contribution in [3.63, 3.8) is 0 Å². The van der Waals surface area contributed by atoms with Crippen molar-refractivity contribution in [3.8, 4) is 0 Å². The molecule has 0 spiro atoms. The van der Waals surface area contributed by atoms with Gasteiger partial charge in [0.25, 0.3) is 5.91 Å². The third-order valence-corrected chi connectivity index (χ3v) is 2.70. The number of nitrogens with one attached hydrogen (secondary N) is 2. The molecule has 2 rings (SSSR count). The van der Waals surface area contributed by atoms with Crippen LogP contribution in [-0.4, -0.2) is 15.9 Å². The van der Waals surface area contributed by atoms with Crippen molar-refractivity contribution in [2.24, 2.45) is 5.84 Å². The van der Waals surface area contributed by atoms with Crippen LogP contribution in [0.2, 0.25) is 0 Å². The van der Waals surface area contributed by atoms with Crippen molar-refractivity contribution in [2.75, 3.05) is 10.7 Å². The number of aromatic nitrogens is 2. The Morgan fingerprint density at radius 1 is 1.32 bits per heavy atom. The van der Waals surface area contributed by atoms with Gasteiger partial charge in [0.05, 0.1) is 18.1 Å². The molecule has 0 aliphatic rings. The highest BCUT2D eigenvalue weighted by Crippen LogP contribution is 2.19. The molecular formula is C11H9BrFN5O. The molecule has 4 N–H and O–H groups in total. The number of benzene rings is 1. The Morgan fingerprint density at radius 2 is 2.11 bits per heavy atom. The molecule has 2 aromatic rings. The summed E-state index contributed by atoms with van der Waals surface area (Å²) in [5, 5.41) is 2.40. The van der Waals surface area contributed by atoms with Gasteiger partial charge in [-0.3, -0.25) is 4.79 Å². The van der Waals surface area contributed by atoms with Gasteiger partial charge in [-0.25, -0.2) is 20.2 Å². The lowest BCUT2D eigenvalue weighted by Crippen LogP contribution is -2.16. The smallest absolute Gasteiger partial charge is 0.275 e. The second-order valence-electron chi connectivity index (χ2n) is 3.51. The monoisotopic (exact) mass is 325 g/mol. The third kappa shape index (κ3) is 3.24. The fraction of sp³-hybridized carbons (Fsp3) is 0. The van der Waals surface area contributed by atoms with Crippen LogP contribution in [0.5, 0.6) is 0 Å². The Kier molecular flexibility index (Phi) is 4.03. The summed E-state index contributed by atoms with van der Waals surface area (Å²) >= 11 is 3.13. The minimum atomic E-state index is -0.558. The summed E-state index contributed by atoms with van der Waals surface area (Å²) in [7, 11) is 0. The molecule has 1 amide bonds. The van der Waals surface area contributed by atoms with E-state index in [9.17, 15) is 9.18 Å². The van der Waals surface area contributed by atoms with E-state index in [1.807, 2.05) is 0 Å². The van der Waals surface area contributed by atoms with Crippen LogP contribution >= 0.6 is 15.9 Å². The van der Waals surface area contributed by atoms with Crippen molar-refractivity contribution in [2.45, 2.75) is 0 Å². The number of anilines is 2. The second-order valence-corrected chi connectivity index (χ2v) is 4.43. The van der Waals surface area contributed by atoms with E-state index in [1.165, 1.54) is 24.5 Å². The molecule has 19 heavy (non-hydrogen) atoms. The molecule has 0 unspecified atom stereocenters. The summed E-state index contributed by atoms with van der Waals surface area (Å²) in [5.41, 5.74) is 2.41. The molecule has 8 heteroatoms. The van der Waals surface area contributed by atoms with E-state index >= 15 is 0 Å². The van der Waals surface area contributed by atoms with Gasteiger partial charge in [0.15, 0.2) is 5.82 Å². The van der Waals surface area contributed by atoms with Crippen LogP contribution in [0.4, 0.5) is 15.9 Å². The lowest BCUT2D eigenvalue weighted by atomic mass is 10.3. The number of hydrazine groups is 1. The van der Waals surface area contributed by atoms with E-state index in [1.54, 1.807) is 6.07 Å². The van der Waals surface area contributed by atoms with Gasteiger partial charge in [0.2, 0.25) is 0 Å². The number of nitrogens with two attached hydrogens (primary N) is 1. The first-order chi connectivity index (χ1) is 9.10. The van der Waals surface area contributed by atoms with Gasteiger partial charge >= 0.3 is 0 Å². The van der Waals surface area contributed by atoms with Crippen LogP contribution in [0.1, 0.15) is 10.5 Å². The Hall–Kier alpha value is -2.06. The zero-order valence-corrected chi connectivity index (χ0v) is 11.1. The predicted molar refractivity (Wildman–Crippen MR) is 71.9 cm³/mol. The van der Waals surface area contributed by atoms with Crippen molar-refractivity contribution in [1.82, 2.24) is 9.97 Å². The van der Waals surface area contributed by atoms with Gasteiger partial charge in [-0.1, -0.05) is 15.9 Å². The molecule has 1 heterocycles. The first-order valence-electron chi connectivity index (χ1n) is 5.15. The molecule has 0 aliphatic carbocycles. The average molecular weight is 326 g/mol. The van der Waals surface area contributed by atoms with E-state index in [0.717, 1.165) is 0 Å². The number of hydrogen-bond acceptors (Lipinski definition) is 5. The number of halogens is 2. The summed E-state index contributed by atoms with van der Waals surface area (Å²) in [6.45, 7) is 0. The number of hydrogen-bond donors (Lipinski definition) is 3. The lowest BCUT2D eigenvalue weighted by molar-refractivity contribution is 0.102. The first-order valence-corrected chi connectivity index (χ1v) is 5.94. The summed E-state index contributed by atoms with van der Waals surface area (Å²) in [5.74, 6) is 4.35. The number of nitrogen functional groups attached to an aromatic ring is 1. The Bertz CT molecular complexity index is 605. The normalized spacial score (nSPS) is 10.1. The molecule has 0 atom stereocenters. The maximum Gasteiger partial charge on any atom is 0.275 e. The maximum absolute atomic E-state index is 13.5. The zero-order valence-electron chi connectivity index (χ0n) is 9.52. The van der Waals surface area contributed by atoms with Gasteiger partial charge in [-0.05, 0) is 18.2 Å². The van der Waals surface area contributed by atoms with Crippen LogP contribution in [0.3, 0.4) is 0 Å². The van der Waals surface area contributed by atoms with E-state index < -0.39 is 11.7 Å². The van der Waals surface area contributed by atoms with Crippen molar-refractivity contribution in [3.05, 3.63) is 46.6 Å². The minimum Gasteiger partial charge on any atom is -0.318 e. The molecule has 0 radical (unpaired) electrons. The molecule has 0 fully saturated rings. The van der Waals surface area contributed by atoms with Crippen LogP contribution in [0.15, 0.2) is 35.1 Å². The number of nitrogens with zero attached hydrogens (tertiary/aromatic N) is 2. The van der Waals surface area contributed by atoms with Gasteiger partial charge in [-0.2, -0.15) is 0 Å². The van der Waals surface area contributed by atoms with Crippen molar-refractivity contribution < 1.29 is 9.18 Å². The Labute approximate surface area is 116 Å². The fourth-order valence-corrected chi connectivity index (χ4v) is 1.63. The molecule has 0 aliphatic heterocycles. The first kappa shape index (κ1) is 13.4. The molecule has 0 saturated heterocycles. The Morgan fingerprint density at radius 3 is 2.68 bits per heavy atom. The van der Waals surface area contributed by atoms with Gasteiger partial charge in [-0.15, -0.1) is 0 Å². The topological polar surface area (TPSA) is 92.9 Å². The summed E-state index contributed by atoms with van der Waals surface area (Å²) in [6.07, 6.45) is 2.54. The highest BCUT2D eigenvalue weighted by Gasteiger charge is 2.11. The highest BCUT2D eigenvalue weighted by atomic mass is 79.9. The van der Waals surface area contributed by atoms with Gasteiger partial charge < -0.3 is 10.7 Å². The zero-order chi connectivity index (χ0) is 13.8. The minimum absolute atomic E-state index is 0.0568. The summed E-state index contributed by atoms with van der Waals surface area (Å²) in [6, 6.07) is 4.31. The van der Waals surface area contributed by atoms with Gasteiger partial charge in [0.1, 0.15) is 11.5 Å². The number of rotatable bonds is 3. The predicted octanol–water partition coefficient (Wildman–Crippen LogP) is 1.92. The fourth-order valence-electron chi connectivity index (χ4n) is 1.30. The van der Waals surface area contributed by atoms with E-state index in [2.05, 4.69) is 36.6 Å². The SMILES string of the molecule is NNc1cnc(C(=O)Nc2ccc(Br)cc2F)cn1. The average Bonchev–Trinajstić information content (AvgIpc) is 2.42. The van der Waals surface area contributed by atoms with E-state index in [4.69, 9.17) is 5.84 Å². The van der Waals surface area contributed by atoms with Crippen molar-refractivity contribution in [1.29, 1.82) is 0 Å². The van der Waals surface area contributed by atoms with Crippen molar-refractivity contribution >= 4 is 33.3 Å². The summed E-state index contributed by atoms with van der Waals surface area (Å²) < 4.78 is 14.1. The molecule has 1 aromatic heterocycles. The number of carbonyl (C=O) groups is 1. The second kappa shape index (κ2) is 5.72. The third-order valence-electron chi connectivity index (χ3n) is 2.21. The molecular weight excluding hydrogens is 317 g/mol. The number of amides is 1. The quantitative estimate of drug-likeness (QED) is 0.592. The van der Waals surface area contributed by atoms with Crippen LogP contribution in [-0.2, 0) is 0 Å². The molecule has 6 nitrogen and oxygen atoms in total.